The molecular weight excluding hydrogens is 759 g/mol. The number of aromatic nitrogens is 1. The number of fused-ring (bicyclic) bond motifs is 23. The maximum absolute atomic E-state index is 3.96. The van der Waals surface area contributed by atoms with E-state index in [1.165, 1.54) is 128 Å². The summed E-state index contributed by atoms with van der Waals surface area (Å²) in [5.41, 5.74) is 27.9. The number of hydrogen-bond acceptors (Lipinski definition) is 0. The first kappa shape index (κ1) is 33.7. The van der Waals surface area contributed by atoms with Crippen LogP contribution in [0.1, 0.15) is 44.5 Å². The van der Waals surface area contributed by atoms with Gasteiger partial charge in [0.05, 0.1) is 16.3 Å². The molecule has 63 heavy (non-hydrogen) atoms. The third-order valence-electron chi connectivity index (χ3n) is 15.3. The van der Waals surface area contributed by atoms with Gasteiger partial charge in [0.15, 0.2) is 0 Å². The Labute approximate surface area is 365 Å². The fraction of sp³-hybridized carbons (Fsp3) is 0.0323. The average Bonchev–Trinajstić information content (AvgIpc) is 4.12. The molecule has 0 radical (unpaired) electrons. The molecule has 1 heterocycles. The summed E-state index contributed by atoms with van der Waals surface area (Å²) in [7, 11) is 0. The number of nitrogens with one attached hydrogen (secondary N) is 1. The summed E-state index contributed by atoms with van der Waals surface area (Å²) in [5, 5.41) is 2.48. The van der Waals surface area contributed by atoms with Gasteiger partial charge in [-0.25, -0.2) is 0 Å². The van der Waals surface area contributed by atoms with Crippen LogP contribution in [0.25, 0.3) is 88.6 Å². The lowest BCUT2D eigenvalue weighted by molar-refractivity contribution is 0.794. The summed E-state index contributed by atoms with van der Waals surface area (Å²) < 4.78 is 0. The van der Waals surface area contributed by atoms with Crippen molar-refractivity contribution < 1.29 is 0 Å². The van der Waals surface area contributed by atoms with E-state index in [1.807, 2.05) is 0 Å². The van der Waals surface area contributed by atoms with E-state index in [-0.39, 0.29) is 0 Å². The smallest absolute Gasteiger partial charge is 0.0725 e. The Hall–Kier alpha value is -8.00. The minimum absolute atomic E-state index is 0.408. The highest BCUT2D eigenvalue weighted by Crippen LogP contribution is 2.66. The highest BCUT2D eigenvalue weighted by molar-refractivity contribution is 6.16. The fourth-order valence-electron chi connectivity index (χ4n) is 13.1. The summed E-state index contributed by atoms with van der Waals surface area (Å²) in [6.45, 7) is 0. The van der Waals surface area contributed by atoms with E-state index in [2.05, 4.69) is 223 Å². The number of para-hydroxylation sites is 1. The van der Waals surface area contributed by atoms with Crippen molar-refractivity contribution in [1.82, 2.24) is 4.98 Å². The van der Waals surface area contributed by atoms with E-state index in [0.717, 1.165) is 5.52 Å². The molecule has 0 bridgehead atoms. The molecule has 11 aromatic rings. The van der Waals surface area contributed by atoms with Crippen LogP contribution in [0.5, 0.6) is 0 Å². The summed E-state index contributed by atoms with van der Waals surface area (Å²) >= 11 is 0. The van der Waals surface area contributed by atoms with Crippen LogP contribution in [-0.4, -0.2) is 4.98 Å². The second-order valence-electron chi connectivity index (χ2n) is 17.8. The monoisotopic (exact) mass is 795 g/mol. The van der Waals surface area contributed by atoms with Crippen molar-refractivity contribution in [2.75, 3.05) is 0 Å². The molecule has 10 aromatic carbocycles. The summed E-state index contributed by atoms with van der Waals surface area (Å²) in [5.74, 6) is 0. The van der Waals surface area contributed by atoms with Crippen LogP contribution in [0.4, 0.5) is 0 Å². The van der Waals surface area contributed by atoms with Crippen molar-refractivity contribution in [2.45, 2.75) is 10.8 Å². The van der Waals surface area contributed by atoms with Gasteiger partial charge in [0.2, 0.25) is 0 Å². The molecule has 1 aromatic heterocycles. The van der Waals surface area contributed by atoms with Gasteiger partial charge in [-0.05, 0) is 124 Å². The van der Waals surface area contributed by atoms with Crippen molar-refractivity contribution in [1.29, 1.82) is 0 Å². The molecule has 1 N–H and O–H groups in total. The van der Waals surface area contributed by atoms with Gasteiger partial charge in [-0.2, -0.15) is 0 Å². The van der Waals surface area contributed by atoms with Gasteiger partial charge in [-0.3, -0.25) is 0 Å². The molecule has 2 spiro atoms. The van der Waals surface area contributed by atoms with Gasteiger partial charge in [0.1, 0.15) is 0 Å². The zero-order valence-electron chi connectivity index (χ0n) is 34.3. The fourth-order valence-corrected chi connectivity index (χ4v) is 13.1. The summed E-state index contributed by atoms with van der Waals surface area (Å²) in [6, 6.07) is 82.7. The molecule has 4 aliphatic carbocycles. The van der Waals surface area contributed by atoms with E-state index < -0.39 is 10.8 Å². The molecule has 1 heteroatoms. The minimum Gasteiger partial charge on any atom is -0.354 e. The topological polar surface area (TPSA) is 15.8 Å². The maximum Gasteiger partial charge on any atom is 0.0725 e. The molecular formula is C62H37N. The third kappa shape index (κ3) is 3.92. The largest absolute Gasteiger partial charge is 0.354 e. The second-order valence-corrected chi connectivity index (χ2v) is 17.8. The molecule has 0 saturated carbocycles. The Morgan fingerprint density at radius 2 is 0.619 bits per heavy atom. The first-order chi connectivity index (χ1) is 31.3. The number of hydrogen-bond donors (Lipinski definition) is 1. The second kappa shape index (κ2) is 11.9. The van der Waals surface area contributed by atoms with Gasteiger partial charge in [0, 0.05) is 21.9 Å². The Bertz CT molecular complexity index is 3730. The quantitative estimate of drug-likeness (QED) is 0.179. The first-order valence-electron chi connectivity index (χ1n) is 22.2. The lowest BCUT2D eigenvalue weighted by atomic mass is 9.70. The summed E-state index contributed by atoms with van der Waals surface area (Å²) in [4.78, 5) is 3.96. The maximum atomic E-state index is 3.96. The third-order valence-corrected chi connectivity index (χ3v) is 15.3. The number of benzene rings is 10. The average molecular weight is 796 g/mol. The standard InChI is InChI=1S/C62H37N/c1-8-26-49-39(17-1)40-18-2-9-27-50(40)61(49)53-30-12-5-22-45(53)58-38(24-15-32-55(58)61)37-35-47-43-21-7-14-34-57(43)63-60(47)48(36-37)44-25-16-33-56-59(44)46-23-6-13-31-54(46)62(56)51-28-10-3-19-41(51)42-20-4-11-29-52(42)62/h1-36,63H. The molecule has 0 unspecified atom stereocenters. The summed E-state index contributed by atoms with van der Waals surface area (Å²) in [6.07, 6.45) is 0. The van der Waals surface area contributed by atoms with Crippen LogP contribution in [-0.2, 0) is 10.8 Å². The Balaban J connectivity index is 1.04. The molecule has 15 rings (SSSR count). The molecule has 0 atom stereocenters. The zero-order chi connectivity index (χ0) is 41.0. The zero-order valence-corrected chi connectivity index (χ0v) is 34.3. The molecule has 0 aliphatic heterocycles. The minimum atomic E-state index is -0.418. The Kier molecular flexibility index (Phi) is 6.35. The van der Waals surface area contributed by atoms with Crippen molar-refractivity contribution >= 4 is 21.8 Å². The predicted octanol–water partition coefficient (Wildman–Crippen LogP) is 15.3. The van der Waals surface area contributed by atoms with E-state index in [4.69, 9.17) is 0 Å². The predicted molar refractivity (Wildman–Crippen MR) is 259 cm³/mol. The molecule has 4 aliphatic rings. The lowest BCUT2D eigenvalue weighted by Gasteiger charge is -2.30. The molecule has 0 saturated heterocycles. The van der Waals surface area contributed by atoms with Crippen molar-refractivity contribution in [3.8, 4) is 66.8 Å². The van der Waals surface area contributed by atoms with Gasteiger partial charge in [-0.1, -0.05) is 200 Å². The Morgan fingerprint density at radius 3 is 1.13 bits per heavy atom. The van der Waals surface area contributed by atoms with Crippen LogP contribution in [0.2, 0.25) is 0 Å². The van der Waals surface area contributed by atoms with Crippen molar-refractivity contribution in [3.05, 3.63) is 263 Å². The van der Waals surface area contributed by atoms with E-state index in [9.17, 15) is 0 Å². The number of rotatable bonds is 2. The van der Waals surface area contributed by atoms with E-state index >= 15 is 0 Å². The van der Waals surface area contributed by atoms with Gasteiger partial charge >= 0.3 is 0 Å². The molecule has 0 amide bonds. The van der Waals surface area contributed by atoms with Crippen LogP contribution >= 0.6 is 0 Å². The van der Waals surface area contributed by atoms with Crippen LogP contribution in [0, 0.1) is 0 Å². The number of H-pyrrole nitrogens is 1. The number of aromatic amines is 1. The van der Waals surface area contributed by atoms with Crippen LogP contribution in [0.15, 0.2) is 218 Å². The Morgan fingerprint density at radius 1 is 0.254 bits per heavy atom. The molecule has 1 nitrogen and oxygen atoms in total. The van der Waals surface area contributed by atoms with E-state index in [0.29, 0.717) is 0 Å². The lowest BCUT2D eigenvalue weighted by Crippen LogP contribution is -2.25. The first-order valence-corrected chi connectivity index (χ1v) is 22.2. The van der Waals surface area contributed by atoms with Crippen molar-refractivity contribution in [2.24, 2.45) is 0 Å². The van der Waals surface area contributed by atoms with Crippen molar-refractivity contribution in [3.63, 3.8) is 0 Å². The van der Waals surface area contributed by atoms with Crippen LogP contribution < -0.4 is 0 Å². The van der Waals surface area contributed by atoms with Crippen LogP contribution in [0.3, 0.4) is 0 Å². The van der Waals surface area contributed by atoms with Gasteiger partial charge in [-0.15, -0.1) is 0 Å². The highest BCUT2D eigenvalue weighted by Gasteiger charge is 2.53. The van der Waals surface area contributed by atoms with Gasteiger partial charge in [0.25, 0.3) is 0 Å². The molecule has 290 valence electrons. The highest BCUT2D eigenvalue weighted by atomic mass is 14.7. The van der Waals surface area contributed by atoms with E-state index in [1.54, 1.807) is 0 Å². The SMILES string of the molecule is c1ccc2c(c1)-c1ccccc1C21c2ccccc2-c2c(-c3cc(-c4cccc5c4-c4ccccc4C54c5ccccc5-c5ccccc54)c4[nH]c5ccccc5c4c3)cccc21. The normalized spacial score (nSPS) is 14.6. The van der Waals surface area contributed by atoms with Gasteiger partial charge < -0.3 is 4.98 Å². The molecule has 0 fully saturated rings.